The minimum absolute atomic E-state index is 0.572. The van der Waals surface area contributed by atoms with Crippen molar-refractivity contribution in [3.8, 4) is 5.75 Å². The van der Waals surface area contributed by atoms with Crippen LogP contribution in [-0.4, -0.2) is 46.2 Å². The van der Waals surface area contributed by atoms with Gasteiger partial charge in [0.25, 0.3) is 0 Å². The van der Waals surface area contributed by atoms with Crippen LogP contribution in [0.15, 0.2) is 6.07 Å². The van der Waals surface area contributed by atoms with Gasteiger partial charge in [-0.05, 0) is 51.6 Å². The Bertz CT molecular complexity index is 374. The molecule has 0 aliphatic carbocycles. The molecular weight excluding hydrogens is 518 g/mol. The van der Waals surface area contributed by atoms with Gasteiger partial charge in [0.1, 0.15) is 15.2 Å². The van der Waals surface area contributed by atoms with Crippen LogP contribution in [0.4, 0.5) is 0 Å². The molecule has 1 heterocycles. The number of hydrogen-bond acceptors (Lipinski definition) is 5. The molecule has 1 aromatic heterocycles. The van der Waals surface area contributed by atoms with Gasteiger partial charge in [0, 0.05) is 12.7 Å². The van der Waals surface area contributed by atoms with Crippen molar-refractivity contribution in [2.24, 2.45) is 0 Å². The molecule has 0 bridgehead atoms. The molecule has 0 aliphatic heterocycles. The highest BCUT2D eigenvalue weighted by molar-refractivity contribution is 14.1. The average Bonchev–Trinajstić information content (AvgIpc) is 2.78. The van der Waals surface area contributed by atoms with Crippen LogP contribution >= 0.6 is 56.5 Å². The van der Waals surface area contributed by atoms with Gasteiger partial charge in [-0.3, -0.25) is 0 Å². The Morgan fingerprint density at radius 2 is 1.48 bits per heavy atom. The smallest absolute Gasteiger partial charge is 0.144 e. The maximum Gasteiger partial charge on any atom is 0.144 e. The normalized spacial score (nSPS) is 11.0. The predicted molar refractivity (Wildman–Crippen MR) is 103 cm³/mol. The molecule has 0 radical (unpaired) electrons. The summed E-state index contributed by atoms with van der Waals surface area (Å²) in [7, 11) is 0. The lowest BCUT2D eigenvalue weighted by Gasteiger charge is -2.07. The highest BCUT2D eigenvalue weighted by Crippen LogP contribution is 2.31. The zero-order valence-electron chi connectivity index (χ0n) is 12.2. The zero-order valence-corrected chi connectivity index (χ0v) is 17.4. The summed E-state index contributed by atoms with van der Waals surface area (Å²) in [6.07, 6.45) is 2.28. The Morgan fingerprint density at radius 1 is 0.905 bits per heavy atom. The van der Waals surface area contributed by atoms with Crippen molar-refractivity contribution in [3.63, 3.8) is 0 Å². The molecule has 0 N–H and O–H groups in total. The van der Waals surface area contributed by atoms with Crippen LogP contribution in [0, 0.1) is 5.77 Å². The Hall–Kier alpha value is 0.840. The molecule has 0 saturated heterocycles. The van der Waals surface area contributed by atoms with E-state index in [0.717, 1.165) is 18.8 Å². The van der Waals surface area contributed by atoms with Crippen molar-refractivity contribution in [1.82, 2.24) is 0 Å². The first-order chi connectivity index (χ1) is 10.2. The lowest BCUT2D eigenvalue weighted by molar-refractivity contribution is 0.00893. The van der Waals surface area contributed by atoms with Crippen LogP contribution in [0.25, 0.3) is 0 Å². The molecule has 0 unspecified atom stereocenters. The van der Waals surface area contributed by atoms with Gasteiger partial charge in [0.2, 0.25) is 0 Å². The lowest BCUT2D eigenvalue weighted by atomic mass is 10.4. The van der Waals surface area contributed by atoms with Crippen LogP contribution in [0.2, 0.25) is 0 Å². The summed E-state index contributed by atoms with van der Waals surface area (Å²) in [6, 6.07) is 2.05. The first-order valence-corrected chi connectivity index (χ1v) is 10.0. The summed E-state index contributed by atoms with van der Waals surface area (Å²) in [4.78, 5) is 0. The molecule has 4 nitrogen and oxygen atoms in total. The van der Waals surface area contributed by atoms with Gasteiger partial charge in [-0.2, -0.15) is 0 Å². The summed E-state index contributed by atoms with van der Waals surface area (Å²) < 4.78 is 24.3. The Morgan fingerprint density at radius 3 is 2.00 bits per heavy atom. The molecule has 122 valence electrons. The highest BCUT2D eigenvalue weighted by atomic mass is 127. The van der Waals surface area contributed by atoms with Gasteiger partial charge in [-0.15, -0.1) is 11.3 Å². The third kappa shape index (κ3) is 10.3. The van der Waals surface area contributed by atoms with Gasteiger partial charge < -0.3 is 18.9 Å². The van der Waals surface area contributed by atoms with Crippen LogP contribution in [-0.2, 0) is 14.2 Å². The molecule has 0 saturated carbocycles. The fourth-order valence-corrected chi connectivity index (χ4v) is 5.21. The molecule has 7 heteroatoms. The first-order valence-electron chi connectivity index (χ1n) is 7.05. The standard InChI is InChI=1S/C14H22I2O4S/c1-2-3-4-17-5-6-18-7-8-19-9-10-20-12-11-13(15)21-14(12)16/h11H,2-10H2,1H3. The molecule has 0 fully saturated rings. The second-order valence-corrected chi connectivity index (χ2v) is 8.98. The van der Waals surface area contributed by atoms with E-state index in [9.17, 15) is 0 Å². The highest BCUT2D eigenvalue weighted by Gasteiger charge is 2.05. The largest absolute Gasteiger partial charge is 0.489 e. The second-order valence-electron chi connectivity index (χ2n) is 4.23. The fraction of sp³-hybridized carbons (Fsp3) is 0.714. The number of thiophene rings is 1. The summed E-state index contributed by atoms with van der Waals surface area (Å²) >= 11 is 6.32. The maximum absolute atomic E-state index is 5.65. The summed E-state index contributed by atoms with van der Waals surface area (Å²) in [5.74, 6) is 0.953. The van der Waals surface area contributed by atoms with E-state index in [-0.39, 0.29) is 0 Å². The fourth-order valence-electron chi connectivity index (χ4n) is 1.42. The molecule has 0 amide bonds. The molecule has 0 aliphatic rings. The van der Waals surface area contributed by atoms with Crippen molar-refractivity contribution in [2.45, 2.75) is 19.8 Å². The van der Waals surface area contributed by atoms with Gasteiger partial charge in [-0.1, -0.05) is 13.3 Å². The van der Waals surface area contributed by atoms with Crippen molar-refractivity contribution in [1.29, 1.82) is 0 Å². The summed E-state index contributed by atoms with van der Waals surface area (Å²) in [6.45, 7) is 6.63. The Labute approximate surface area is 158 Å². The van der Waals surface area contributed by atoms with Gasteiger partial charge in [0.05, 0.1) is 35.9 Å². The minimum atomic E-state index is 0.572. The number of halogens is 2. The minimum Gasteiger partial charge on any atom is -0.489 e. The van der Waals surface area contributed by atoms with E-state index in [1.54, 1.807) is 11.3 Å². The third-order valence-electron chi connectivity index (χ3n) is 2.50. The Kier molecular flexibility index (Phi) is 12.6. The number of ether oxygens (including phenoxy) is 4. The van der Waals surface area contributed by atoms with Gasteiger partial charge in [-0.25, -0.2) is 0 Å². The number of unbranched alkanes of at least 4 members (excludes halogenated alkanes) is 1. The van der Waals surface area contributed by atoms with Crippen LogP contribution in [0.5, 0.6) is 5.75 Å². The van der Waals surface area contributed by atoms with E-state index < -0.39 is 0 Å². The molecule has 21 heavy (non-hydrogen) atoms. The van der Waals surface area contributed by atoms with E-state index in [1.165, 1.54) is 12.2 Å². The van der Waals surface area contributed by atoms with Crippen molar-refractivity contribution >= 4 is 56.5 Å². The first kappa shape index (κ1) is 19.9. The SMILES string of the molecule is CCCCOCCOCCOCCOc1cc(I)sc1I. The summed E-state index contributed by atoms with van der Waals surface area (Å²) in [5, 5.41) is 0. The van der Waals surface area contributed by atoms with Crippen LogP contribution in [0.3, 0.4) is 0 Å². The van der Waals surface area contributed by atoms with Crippen molar-refractivity contribution in [3.05, 3.63) is 11.8 Å². The summed E-state index contributed by atoms with van der Waals surface area (Å²) in [5.41, 5.74) is 0. The Balaban J connectivity index is 1.84. The van der Waals surface area contributed by atoms with E-state index in [1.807, 2.05) is 0 Å². The molecule has 0 atom stereocenters. The molecular formula is C14H22I2O4S. The molecule has 1 rings (SSSR count). The maximum atomic E-state index is 5.65. The van der Waals surface area contributed by atoms with E-state index in [0.29, 0.717) is 39.6 Å². The number of hydrogen-bond donors (Lipinski definition) is 0. The van der Waals surface area contributed by atoms with Gasteiger partial charge >= 0.3 is 0 Å². The van der Waals surface area contributed by atoms with Crippen LogP contribution < -0.4 is 4.74 Å². The molecule has 1 aromatic rings. The van der Waals surface area contributed by atoms with Crippen LogP contribution in [0.1, 0.15) is 19.8 Å². The monoisotopic (exact) mass is 540 g/mol. The third-order valence-corrected chi connectivity index (χ3v) is 5.35. The topological polar surface area (TPSA) is 36.9 Å². The van der Waals surface area contributed by atoms with E-state index in [2.05, 4.69) is 58.2 Å². The zero-order chi connectivity index (χ0) is 15.3. The van der Waals surface area contributed by atoms with Gasteiger partial charge in [0.15, 0.2) is 0 Å². The van der Waals surface area contributed by atoms with E-state index in [4.69, 9.17) is 18.9 Å². The predicted octanol–water partition coefficient (Wildman–Crippen LogP) is 4.19. The lowest BCUT2D eigenvalue weighted by Crippen LogP contribution is -2.13. The average molecular weight is 540 g/mol. The van der Waals surface area contributed by atoms with Crippen molar-refractivity contribution in [2.75, 3.05) is 46.2 Å². The quantitative estimate of drug-likeness (QED) is 0.278. The van der Waals surface area contributed by atoms with Crippen molar-refractivity contribution < 1.29 is 18.9 Å². The second kappa shape index (κ2) is 13.3. The number of rotatable bonds is 13. The molecule has 0 spiro atoms. The molecule has 0 aromatic carbocycles. The van der Waals surface area contributed by atoms with E-state index >= 15 is 0 Å².